The van der Waals surface area contributed by atoms with Crippen molar-refractivity contribution in [3.8, 4) is 0 Å². The molecule has 1 aromatic heterocycles. The van der Waals surface area contributed by atoms with Gasteiger partial charge >= 0.3 is 0 Å². The Morgan fingerprint density at radius 1 is 1.33 bits per heavy atom. The maximum absolute atomic E-state index is 5.82. The summed E-state index contributed by atoms with van der Waals surface area (Å²) in [6.07, 6.45) is 4.64. The molecule has 0 radical (unpaired) electrons. The molecule has 18 heavy (non-hydrogen) atoms. The van der Waals surface area contributed by atoms with E-state index in [0.717, 1.165) is 23.7 Å². The van der Waals surface area contributed by atoms with Crippen LogP contribution in [-0.2, 0) is 0 Å². The van der Waals surface area contributed by atoms with Gasteiger partial charge in [-0.1, -0.05) is 0 Å². The third-order valence-electron chi connectivity index (χ3n) is 3.64. The number of nitrogens with zero attached hydrogens (tertiary/aromatic N) is 2. The molecule has 0 amide bonds. The normalized spacial score (nSPS) is 14.9. The Bertz CT molecular complexity index is 561. The van der Waals surface area contributed by atoms with Gasteiger partial charge in [0.15, 0.2) is 0 Å². The topological polar surface area (TPSA) is 42.2 Å². The summed E-state index contributed by atoms with van der Waals surface area (Å²) < 4.78 is 0. The highest BCUT2D eigenvalue weighted by Gasteiger charge is 2.24. The fourth-order valence-corrected chi connectivity index (χ4v) is 2.44. The van der Waals surface area contributed by atoms with E-state index in [2.05, 4.69) is 28.9 Å². The fraction of sp³-hybridized carbons (Fsp3) is 0.400. The summed E-state index contributed by atoms with van der Waals surface area (Å²) in [6, 6.07) is 8.11. The molecule has 1 saturated carbocycles. The maximum atomic E-state index is 5.82. The molecule has 0 saturated heterocycles. The van der Waals surface area contributed by atoms with Crippen molar-refractivity contribution in [1.82, 2.24) is 4.98 Å². The first-order chi connectivity index (χ1) is 8.78. The highest BCUT2D eigenvalue weighted by Crippen LogP contribution is 2.33. The fourth-order valence-electron chi connectivity index (χ4n) is 2.44. The van der Waals surface area contributed by atoms with Gasteiger partial charge in [-0.25, -0.2) is 0 Å². The van der Waals surface area contributed by atoms with Gasteiger partial charge in [-0.15, -0.1) is 0 Å². The van der Waals surface area contributed by atoms with E-state index < -0.39 is 0 Å². The number of nitrogen functional groups attached to an aromatic ring is 1. The molecule has 0 spiro atoms. The Morgan fingerprint density at radius 2 is 2.17 bits per heavy atom. The second-order valence-corrected chi connectivity index (χ2v) is 5.09. The van der Waals surface area contributed by atoms with Gasteiger partial charge in [-0.05, 0) is 49.9 Å². The standard InChI is InChI=1S/C15H19N3/c1-2-18(10-11-3-4-11)15-7-8-17-14-9-12(16)5-6-13(14)15/h5-9,11H,2-4,10,16H2,1H3. The van der Waals surface area contributed by atoms with Gasteiger partial charge in [0.2, 0.25) is 0 Å². The van der Waals surface area contributed by atoms with E-state index in [1.54, 1.807) is 0 Å². The molecular weight excluding hydrogens is 222 g/mol. The molecule has 0 aliphatic heterocycles. The molecule has 1 aliphatic carbocycles. The first kappa shape index (κ1) is 11.3. The highest BCUT2D eigenvalue weighted by molar-refractivity contribution is 5.93. The lowest BCUT2D eigenvalue weighted by molar-refractivity contribution is 0.744. The van der Waals surface area contributed by atoms with Crippen molar-refractivity contribution in [1.29, 1.82) is 0 Å². The molecule has 1 aliphatic rings. The lowest BCUT2D eigenvalue weighted by Gasteiger charge is -2.24. The van der Waals surface area contributed by atoms with Crippen LogP contribution in [0.15, 0.2) is 30.5 Å². The van der Waals surface area contributed by atoms with Gasteiger partial charge in [0.05, 0.1) is 5.52 Å². The zero-order valence-electron chi connectivity index (χ0n) is 10.8. The quantitative estimate of drug-likeness (QED) is 0.836. The molecule has 2 N–H and O–H groups in total. The number of hydrogen-bond acceptors (Lipinski definition) is 3. The number of rotatable bonds is 4. The van der Waals surface area contributed by atoms with Gasteiger partial charge < -0.3 is 10.6 Å². The minimum Gasteiger partial charge on any atom is -0.399 e. The Kier molecular flexibility index (Phi) is 2.82. The zero-order valence-corrected chi connectivity index (χ0v) is 10.8. The van der Waals surface area contributed by atoms with E-state index in [0.29, 0.717) is 0 Å². The molecule has 3 nitrogen and oxygen atoms in total. The van der Waals surface area contributed by atoms with Crippen molar-refractivity contribution in [3.63, 3.8) is 0 Å². The predicted octanol–water partition coefficient (Wildman–Crippen LogP) is 3.05. The summed E-state index contributed by atoms with van der Waals surface area (Å²) in [5.41, 5.74) is 8.87. The average Bonchev–Trinajstić information content (AvgIpc) is 3.19. The smallest absolute Gasteiger partial charge is 0.0743 e. The second kappa shape index (κ2) is 4.48. The van der Waals surface area contributed by atoms with Crippen LogP contribution in [0.25, 0.3) is 10.9 Å². The van der Waals surface area contributed by atoms with E-state index in [1.165, 1.54) is 30.5 Å². The number of aromatic nitrogens is 1. The number of fused-ring (bicyclic) bond motifs is 1. The van der Waals surface area contributed by atoms with Crippen LogP contribution < -0.4 is 10.6 Å². The zero-order chi connectivity index (χ0) is 12.5. The number of hydrogen-bond donors (Lipinski definition) is 1. The minimum atomic E-state index is 0.775. The van der Waals surface area contributed by atoms with Gasteiger partial charge in [0, 0.05) is 36.0 Å². The Balaban J connectivity index is 2.03. The third kappa shape index (κ3) is 2.13. The van der Waals surface area contributed by atoms with Crippen LogP contribution in [-0.4, -0.2) is 18.1 Å². The number of nitrogens with two attached hydrogens (primary N) is 1. The number of benzene rings is 1. The minimum absolute atomic E-state index is 0.775. The van der Waals surface area contributed by atoms with Crippen LogP contribution in [0, 0.1) is 5.92 Å². The lowest BCUT2D eigenvalue weighted by atomic mass is 10.1. The summed E-state index contributed by atoms with van der Waals surface area (Å²) in [6.45, 7) is 4.42. The van der Waals surface area contributed by atoms with E-state index in [9.17, 15) is 0 Å². The van der Waals surface area contributed by atoms with Crippen LogP contribution in [0.4, 0.5) is 11.4 Å². The Morgan fingerprint density at radius 3 is 2.89 bits per heavy atom. The molecular formula is C15H19N3. The van der Waals surface area contributed by atoms with Gasteiger partial charge in [-0.2, -0.15) is 0 Å². The monoisotopic (exact) mass is 241 g/mol. The summed E-state index contributed by atoms with van der Waals surface area (Å²) >= 11 is 0. The summed E-state index contributed by atoms with van der Waals surface area (Å²) in [7, 11) is 0. The lowest BCUT2D eigenvalue weighted by Crippen LogP contribution is -2.25. The predicted molar refractivity (Wildman–Crippen MR) is 76.8 cm³/mol. The van der Waals surface area contributed by atoms with Crippen molar-refractivity contribution in [2.75, 3.05) is 23.7 Å². The summed E-state index contributed by atoms with van der Waals surface area (Å²) in [4.78, 5) is 6.86. The van der Waals surface area contributed by atoms with Crippen LogP contribution in [0.2, 0.25) is 0 Å². The highest BCUT2D eigenvalue weighted by atomic mass is 15.1. The Labute approximate surface area is 108 Å². The molecule has 1 heterocycles. The number of anilines is 2. The SMILES string of the molecule is CCN(CC1CC1)c1ccnc2cc(N)ccc12. The van der Waals surface area contributed by atoms with Gasteiger partial charge in [0.25, 0.3) is 0 Å². The van der Waals surface area contributed by atoms with Crippen molar-refractivity contribution in [2.45, 2.75) is 19.8 Å². The molecule has 1 aromatic carbocycles. The molecule has 0 unspecified atom stereocenters. The van der Waals surface area contributed by atoms with E-state index in [-0.39, 0.29) is 0 Å². The number of pyridine rings is 1. The van der Waals surface area contributed by atoms with E-state index in [4.69, 9.17) is 5.73 Å². The van der Waals surface area contributed by atoms with Crippen LogP contribution in [0.5, 0.6) is 0 Å². The van der Waals surface area contributed by atoms with Crippen molar-refractivity contribution in [2.24, 2.45) is 5.92 Å². The largest absolute Gasteiger partial charge is 0.399 e. The van der Waals surface area contributed by atoms with E-state index >= 15 is 0 Å². The molecule has 2 aromatic rings. The average molecular weight is 241 g/mol. The van der Waals surface area contributed by atoms with E-state index in [1.807, 2.05) is 18.3 Å². The van der Waals surface area contributed by atoms with Crippen molar-refractivity contribution >= 4 is 22.3 Å². The Hall–Kier alpha value is -1.77. The molecule has 94 valence electrons. The van der Waals surface area contributed by atoms with Crippen LogP contribution >= 0.6 is 0 Å². The summed E-state index contributed by atoms with van der Waals surface area (Å²) in [5, 5.41) is 1.20. The first-order valence-electron chi connectivity index (χ1n) is 6.67. The maximum Gasteiger partial charge on any atom is 0.0743 e. The molecule has 0 atom stereocenters. The summed E-state index contributed by atoms with van der Waals surface area (Å²) in [5.74, 6) is 0.891. The molecule has 0 bridgehead atoms. The van der Waals surface area contributed by atoms with Gasteiger partial charge in [-0.3, -0.25) is 4.98 Å². The molecule has 3 rings (SSSR count). The van der Waals surface area contributed by atoms with Crippen molar-refractivity contribution in [3.05, 3.63) is 30.5 Å². The van der Waals surface area contributed by atoms with Crippen LogP contribution in [0.3, 0.4) is 0 Å². The van der Waals surface area contributed by atoms with Crippen molar-refractivity contribution < 1.29 is 0 Å². The van der Waals surface area contributed by atoms with Crippen LogP contribution in [0.1, 0.15) is 19.8 Å². The van der Waals surface area contributed by atoms with Gasteiger partial charge in [0.1, 0.15) is 0 Å². The first-order valence-corrected chi connectivity index (χ1v) is 6.67. The molecule has 1 fully saturated rings. The second-order valence-electron chi connectivity index (χ2n) is 5.09. The third-order valence-corrected chi connectivity index (χ3v) is 3.64. The molecule has 3 heteroatoms.